The van der Waals surface area contributed by atoms with Crippen molar-refractivity contribution in [3.8, 4) is 5.75 Å². The molecule has 0 aliphatic carbocycles. The molecular formula is C22H28FN3O3. The molecule has 2 aromatic rings. The molecule has 1 aromatic heterocycles. The fourth-order valence-electron chi connectivity index (χ4n) is 3.73. The summed E-state index contributed by atoms with van der Waals surface area (Å²) in [7, 11) is 0. The van der Waals surface area contributed by atoms with Gasteiger partial charge in [0.2, 0.25) is 5.91 Å². The van der Waals surface area contributed by atoms with Crippen molar-refractivity contribution < 1.29 is 18.7 Å². The van der Waals surface area contributed by atoms with Crippen LogP contribution in [0.5, 0.6) is 5.75 Å². The van der Waals surface area contributed by atoms with Crippen molar-refractivity contribution in [3.05, 3.63) is 36.0 Å². The van der Waals surface area contributed by atoms with Gasteiger partial charge in [0.15, 0.2) is 0 Å². The Morgan fingerprint density at radius 1 is 1.34 bits per heavy atom. The van der Waals surface area contributed by atoms with Crippen LogP contribution in [-0.4, -0.2) is 52.1 Å². The minimum atomic E-state index is -1.39. The average Bonchev–Trinajstić information content (AvgIpc) is 2.90. The lowest BCUT2D eigenvalue weighted by Crippen LogP contribution is -2.42. The van der Waals surface area contributed by atoms with Gasteiger partial charge in [-0.1, -0.05) is 0 Å². The Bertz CT molecular complexity index is 937. The van der Waals surface area contributed by atoms with Gasteiger partial charge in [-0.2, -0.15) is 0 Å². The highest BCUT2D eigenvalue weighted by atomic mass is 19.1. The van der Waals surface area contributed by atoms with Crippen LogP contribution in [-0.2, 0) is 4.79 Å². The monoisotopic (exact) mass is 401 g/mol. The van der Waals surface area contributed by atoms with Crippen LogP contribution >= 0.6 is 0 Å². The van der Waals surface area contributed by atoms with E-state index >= 15 is 0 Å². The molecule has 0 spiro atoms. The number of fused-ring (bicyclic) bond motifs is 1. The molecule has 1 aliphatic heterocycles. The predicted molar refractivity (Wildman–Crippen MR) is 110 cm³/mol. The molecular weight excluding hydrogens is 373 g/mol. The second-order valence-corrected chi connectivity index (χ2v) is 8.92. The van der Waals surface area contributed by atoms with Gasteiger partial charge in [0.25, 0.3) is 5.91 Å². The van der Waals surface area contributed by atoms with E-state index in [1.54, 1.807) is 24.4 Å². The number of amides is 2. The standard InChI is InChI=1S/C22H28FN3O3/c1-14-11-22(5,23)13-26(14)19(27)12-25-20(28)16-8-9-24-18-7-6-15(10-17(16)18)29-21(2,3)4/h6-10,14H,11-13H2,1-5H3,(H,25,28)/t14-,22?/m0/s1. The summed E-state index contributed by atoms with van der Waals surface area (Å²) in [5, 5.41) is 3.31. The summed E-state index contributed by atoms with van der Waals surface area (Å²) < 4.78 is 20.1. The van der Waals surface area contributed by atoms with Crippen molar-refractivity contribution in [3.63, 3.8) is 0 Å². The van der Waals surface area contributed by atoms with Gasteiger partial charge in [-0.05, 0) is 58.9 Å². The Morgan fingerprint density at radius 3 is 2.69 bits per heavy atom. The number of halogens is 1. The maximum absolute atomic E-state index is 14.2. The molecule has 0 bridgehead atoms. The quantitative estimate of drug-likeness (QED) is 0.851. The van der Waals surface area contributed by atoms with E-state index in [4.69, 9.17) is 4.74 Å². The van der Waals surface area contributed by atoms with Gasteiger partial charge in [-0.25, -0.2) is 4.39 Å². The highest BCUT2D eigenvalue weighted by Crippen LogP contribution is 2.30. The number of carbonyl (C=O) groups excluding carboxylic acids is 2. The Hall–Kier alpha value is -2.70. The maximum Gasteiger partial charge on any atom is 0.252 e. The lowest BCUT2D eigenvalue weighted by Gasteiger charge is -2.22. The zero-order valence-corrected chi connectivity index (χ0v) is 17.6. The number of hydrogen-bond donors (Lipinski definition) is 1. The summed E-state index contributed by atoms with van der Waals surface area (Å²) in [5.74, 6) is -0.0351. The molecule has 156 valence electrons. The van der Waals surface area contributed by atoms with Crippen molar-refractivity contribution in [1.29, 1.82) is 0 Å². The van der Waals surface area contributed by atoms with Gasteiger partial charge in [0.05, 0.1) is 24.2 Å². The predicted octanol–water partition coefficient (Wildman–Crippen LogP) is 3.49. The molecule has 3 rings (SSSR count). The molecule has 0 saturated carbocycles. The molecule has 6 nitrogen and oxygen atoms in total. The molecule has 0 radical (unpaired) electrons. The van der Waals surface area contributed by atoms with Crippen LogP contribution in [0.2, 0.25) is 0 Å². The van der Waals surface area contributed by atoms with E-state index in [0.29, 0.717) is 28.6 Å². The number of nitrogens with one attached hydrogen (secondary N) is 1. The van der Waals surface area contributed by atoms with Gasteiger partial charge in [-0.15, -0.1) is 0 Å². The summed E-state index contributed by atoms with van der Waals surface area (Å²) >= 11 is 0. The molecule has 1 aromatic carbocycles. The number of carbonyl (C=O) groups is 2. The number of pyridine rings is 1. The summed E-state index contributed by atoms with van der Waals surface area (Å²) in [6, 6.07) is 6.82. The van der Waals surface area contributed by atoms with Crippen LogP contribution in [0, 0.1) is 0 Å². The Morgan fingerprint density at radius 2 is 2.07 bits per heavy atom. The van der Waals surface area contributed by atoms with Gasteiger partial charge < -0.3 is 15.0 Å². The molecule has 7 heteroatoms. The van der Waals surface area contributed by atoms with Gasteiger partial charge in [0.1, 0.15) is 17.0 Å². The minimum Gasteiger partial charge on any atom is -0.488 e. The minimum absolute atomic E-state index is 0.0502. The summed E-state index contributed by atoms with van der Waals surface area (Å²) in [6.07, 6.45) is 1.86. The number of benzene rings is 1. The first-order valence-corrected chi connectivity index (χ1v) is 9.80. The van der Waals surface area contributed by atoms with Crippen molar-refractivity contribution >= 4 is 22.7 Å². The molecule has 1 N–H and O–H groups in total. The maximum atomic E-state index is 14.2. The first-order chi connectivity index (χ1) is 13.5. The van der Waals surface area contributed by atoms with E-state index in [-0.39, 0.29) is 36.5 Å². The number of aromatic nitrogens is 1. The fourth-order valence-corrected chi connectivity index (χ4v) is 3.73. The van der Waals surface area contributed by atoms with E-state index in [0.717, 1.165) is 0 Å². The first-order valence-electron chi connectivity index (χ1n) is 9.80. The number of nitrogens with zero attached hydrogens (tertiary/aromatic N) is 2. The molecule has 1 fully saturated rings. The third kappa shape index (κ3) is 5.02. The van der Waals surface area contributed by atoms with Crippen molar-refractivity contribution in [1.82, 2.24) is 15.2 Å². The number of hydrogen-bond acceptors (Lipinski definition) is 4. The van der Waals surface area contributed by atoms with Crippen molar-refractivity contribution in [2.45, 2.75) is 58.4 Å². The first kappa shape index (κ1) is 21.0. The lowest BCUT2D eigenvalue weighted by atomic mass is 10.1. The topological polar surface area (TPSA) is 71.5 Å². The van der Waals surface area contributed by atoms with Crippen LogP contribution in [0.25, 0.3) is 10.9 Å². The second kappa shape index (κ2) is 7.61. The van der Waals surface area contributed by atoms with Crippen LogP contribution in [0.1, 0.15) is 51.4 Å². The SMILES string of the molecule is C[C@H]1CC(C)(F)CN1C(=O)CNC(=O)c1ccnc2ccc(OC(C)(C)C)cc12. The van der Waals surface area contributed by atoms with Crippen LogP contribution < -0.4 is 10.1 Å². The van der Waals surface area contributed by atoms with E-state index in [2.05, 4.69) is 10.3 Å². The molecule has 2 amide bonds. The van der Waals surface area contributed by atoms with Gasteiger partial charge >= 0.3 is 0 Å². The normalized spacial score (nSPS) is 22.0. The summed E-state index contributed by atoms with van der Waals surface area (Å²) in [6.45, 7) is 9.02. The van der Waals surface area contributed by atoms with Crippen molar-refractivity contribution in [2.75, 3.05) is 13.1 Å². The molecule has 29 heavy (non-hydrogen) atoms. The molecule has 1 unspecified atom stereocenters. The van der Waals surface area contributed by atoms with E-state index < -0.39 is 5.67 Å². The molecule has 2 atom stereocenters. The Labute approximate surface area is 170 Å². The fraction of sp³-hybridized carbons (Fsp3) is 0.500. The van der Waals surface area contributed by atoms with Crippen molar-refractivity contribution in [2.24, 2.45) is 0 Å². The van der Waals surface area contributed by atoms with Gasteiger partial charge in [0, 0.05) is 24.0 Å². The van der Waals surface area contributed by atoms with Crippen LogP contribution in [0.15, 0.2) is 30.5 Å². The number of likely N-dealkylation sites (tertiary alicyclic amines) is 1. The smallest absolute Gasteiger partial charge is 0.252 e. The average molecular weight is 401 g/mol. The number of ether oxygens (including phenoxy) is 1. The third-order valence-electron chi connectivity index (χ3n) is 4.86. The highest BCUT2D eigenvalue weighted by molar-refractivity contribution is 6.07. The third-order valence-corrected chi connectivity index (χ3v) is 4.86. The van der Waals surface area contributed by atoms with E-state index in [9.17, 15) is 14.0 Å². The van der Waals surface area contributed by atoms with Gasteiger partial charge in [-0.3, -0.25) is 14.6 Å². The molecule has 2 heterocycles. The Balaban J connectivity index is 1.75. The largest absolute Gasteiger partial charge is 0.488 e. The lowest BCUT2D eigenvalue weighted by molar-refractivity contribution is -0.131. The van der Waals surface area contributed by atoms with Crippen LogP contribution in [0.3, 0.4) is 0 Å². The summed E-state index contributed by atoms with van der Waals surface area (Å²) in [4.78, 5) is 31.0. The number of rotatable bonds is 4. The van der Waals surface area contributed by atoms with E-state index in [1.807, 2.05) is 33.8 Å². The second-order valence-electron chi connectivity index (χ2n) is 8.92. The highest BCUT2D eigenvalue weighted by Gasteiger charge is 2.40. The molecule has 1 saturated heterocycles. The Kier molecular flexibility index (Phi) is 5.52. The van der Waals surface area contributed by atoms with E-state index in [1.165, 1.54) is 11.8 Å². The zero-order valence-electron chi connectivity index (χ0n) is 17.6. The summed E-state index contributed by atoms with van der Waals surface area (Å²) in [5.41, 5.74) is -0.690. The number of alkyl halides is 1. The van der Waals surface area contributed by atoms with Crippen LogP contribution in [0.4, 0.5) is 4.39 Å². The zero-order chi connectivity index (χ0) is 21.4. The molecule has 1 aliphatic rings.